The molecule has 0 radical (unpaired) electrons. The number of hydrogen-bond acceptors (Lipinski definition) is 4. The Hall–Kier alpha value is -11.1. The van der Waals surface area contributed by atoms with Crippen LogP contribution >= 0.6 is 22.7 Å². The maximum Gasteiger partial charge on any atom is 0.102 e. The Balaban J connectivity index is 1.16. The molecule has 0 N–H and O–H groups in total. The zero-order chi connectivity index (χ0) is 57.0. The van der Waals surface area contributed by atoms with Crippen molar-refractivity contribution in [2.24, 2.45) is 0 Å². The highest BCUT2D eigenvalue weighted by Gasteiger charge is 2.34. The van der Waals surface area contributed by atoms with Gasteiger partial charge in [0.1, 0.15) is 12.1 Å². The minimum atomic E-state index is 0.399. The summed E-state index contributed by atoms with van der Waals surface area (Å²) in [6, 6.07) is 105. The monoisotopic (exact) mass is 1130 g/mol. The lowest BCUT2D eigenvalue weighted by molar-refractivity contribution is 1.13. The average molecular weight is 1130 g/mol. The summed E-state index contributed by atoms with van der Waals surface area (Å²) in [5, 5.41) is 34.4. The Bertz CT molecular complexity index is 5450. The second-order valence-electron chi connectivity index (χ2n) is 22.0. The van der Waals surface area contributed by atoms with Crippen LogP contribution in [0.2, 0.25) is 0 Å². The van der Waals surface area contributed by atoms with Crippen LogP contribution in [0.1, 0.15) is 11.1 Å². The number of aromatic nitrogens is 2. The molecule has 0 aliphatic heterocycles. The molecule has 0 spiro atoms. The number of thiophene rings is 2. The van der Waals surface area contributed by atoms with E-state index in [4.69, 9.17) is 0 Å². The SMILES string of the molecule is N#Cc1c(-c2cccc(-c3ccccc3)c2)c(C#N)c(-n2c3cccc(-c4ccccc4)c3c3ccc4c5ccccc5sc4c32)c(-c2cccc(-c3ccccc3)c2)c1-n1c2cccc(-c3ccccc3)c2c2ccc3c4ccccc4sc3c21. The summed E-state index contributed by atoms with van der Waals surface area (Å²) >= 11 is 3.58. The molecule has 13 aromatic carbocycles. The highest BCUT2D eigenvalue weighted by atomic mass is 32.1. The molecule has 86 heavy (non-hydrogen) atoms. The third kappa shape index (κ3) is 7.45. The fraction of sp³-hybridized carbons (Fsp3) is 0. The molecule has 0 amide bonds. The van der Waals surface area contributed by atoms with Gasteiger partial charge in [-0.25, -0.2) is 0 Å². The first kappa shape index (κ1) is 49.5. The highest BCUT2D eigenvalue weighted by Crippen LogP contribution is 2.54. The molecule has 0 saturated heterocycles. The van der Waals surface area contributed by atoms with Crippen molar-refractivity contribution >= 4 is 107 Å². The quantitative estimate of drug-likeness (QED) is 0.152. The van der Waals surface area contributed by atoms with Gasteiger partial charge in [0.05, 0.1) is 54.0 Å². The van der Waals surface area contributed by atoms with Gasteiger partial charge in [-0.15, -0.1) is 22.7 Å². The van der Waals surface area contributed by atoms with E-state index in [-0.39, 0.29) is 0 Å². The molecule has 17 rings (SSSR count). The van der Waals surface area contributed by atoms with Crippen LogP contribution in [0.15, 0.2) is 279 Å². The summed E-state index contributed by atoms with van der Waals surface area (Å²) < 4.78 is 9.43. The number of nitrogens with zero attached hydrogens (tertiary/aromatic N) is 4. The van der Waals surface area contributed by atoms with E-state index < -0.39 is 0 Å². The van der Waals surface area contributed by atoms with Crippen LogP contribution in [-0.2, 0) is 0 Å². The molecule has 0 aliphatic rings. The average Bonchev–Trinajstić information content (AvgIpc) is 2.05. The van der Waals surface area contributed by atoms with Crippen molar-refractivity contribution in [3.05, 3.63) is 290 Å². The maximum atomic E-state index is 12.7. The summed E-state index contributed by atoms with van der Waals surface area (Å²) in [6.45, 7) is 0. The summed E-state index contributed by atoms with van der Waals surface area (Å²) in [5.74, 6) is 0. The Morgan fingerprint density at radius 1 is 0.279 bits per heavy atom. The van der Waals surface area contributed by atoms with Crippen molar-refractivity contribution in [2.45, 2.75) is 0 Å². The minimum absolute atomic E-state index is 0.399. The maximum absolute atomic E-state index is 12.7. The minimum Gasteiger partial charge on any atom is -0.306 e. The molecule has 6 heteroatoms. The third-order valence-electron chi connectivity index (χ3n) is 17.4. The van der Waals surface area contributed by atoms with Gasteiger partial charge in [0, 0.05) is 63.6 Å². The molecule has 0 saturated carbocycles. The van der Waals surface area contributed by atoms with Crippen LogP contribution in [0.3, 0.4) is 0 Å². The fourth-order valence-corrected chi connectivity index (χ4v) is 16.2. The Morgan fingerprint density at radius 2 is 0.628 bits per heavy atom. The smallest absolute Gasteiger partial charge is 0.102 e. The predicted molar refractivity (Wildman–Crippen MR) is 363 cm³/mol. The van der Waals surface area contributed by atoms with Gasteiger partial charge in [-0.2, -0.15) is 10.5 Å². The number of hydrogen-bond donors (Lipinski definition) is 0. The van der Waals surface area contributed by atoms with E-state index in [0.29, 0.717) is 28.1 Å². The number of nitriles is 2. The van der Waals surface area contributed by atoms with E-state index in [1.165, 1.54) is 20.2 Å². The lowest BCUT2D eigenvalue weighted by Gasteiger charge is -2.26. The molecule has 0 unspecified atom stereocenters. The number of fused-ring (bicyclic) bond motifs is 14. The first-order chi connectivity index (χ1) is 42.6. The normalized spacial score (nSPS) is 11.7. The summed E-state index contributed by atoms with van der Waals surface area (Å²) in [6.07, 6.45) is 0. The summed E-state index contributed by atoms with van der Waals surface area (Å²) in [7, 11) is 0. The van der Waals surface area contributed by atoms with Gasteiger partial charge >= 0.3 is 0 Å². The highest BCUT2D eigenvalue weighted by molar-refractivity contribution is 7.27. The Morgan fingerprint density at radius 3 is 1.06 bits per heavy atom. The molecule has 4 aromatic heterocycles. The lowest BCUT2D eigenvalue weighted by atomic mass is 9.85. The molecule has 0 aliphatic carbocycles. The molecular weight excluding hydrogens is 1080 g/mol. The van der Waals surface area contributed by atoms with E-state index in [2.05, 4.69) is 294 Å². The number of rotatable bonds is 8. The zero-order valence-electron chi connectivity index (χ0n) is 46.2. The van der Waals surface area contributed by atoms with Crippen LogP contribution in [0.25, 0.3) is 162 Å². The second kappa shape index (κ2) is 19.8. The van der Waals surface area contributed by atoms with Crippen molar-refractivity contribution < 1.29 is 0 Å². The topological polar surface area (TPSA) is 57.4 Å². The first-order valence-electron chi connectivity index (χ1n) is 28.9. The van der Waals surface area contributed by atoms with Crippen molar-refractivity contribution in [3.63, 3.8) is 0 Å². The van der Waals surface area contributed by atoms with Crippen molar-refractivity contribution in [3.8, 4) is 90.3 Å². The predicted octanol–water partition coefficient (Wildman–Crippen LogP) is 22.4. The number of benzene rings is 13. The van der Waals surface area contributed by atoms with Gasteiger partial charge in [0.2, 0.25) is 0 Å². The van der Waals surface area contributed by atoms with E-state index >= 15 is 0 Å². The van der Waals surface area contributed by atoms with E-state index in [1.807, 2.05) is 6.07 Å². The van der Waals surface area contributed by atoms with Gasteiger partial charge in [-0.1, -0.05) is 243 Å². The summed E-state index contributed by atoms with van der Waals surface area (Å²) in [4.78, 5) is 0. The van der Waals surface area contributed by atoms with Gasteiger partial charge in [0.15, 0.2) is 0 Å². The van der Waals surface area contributed by atoms with Crippen LogP contribution in [0.4, 0.5) is 0 Å². The molecule has 0 bridgehead atoms. The lowest BCUT2D eigenvalue weighted by Crippen LogP contribution is -2.11. The van der Waals surface area contributed by atoms with E-state index in [1.54, 1.807) is 22.7 Å². The van der Waals surface area contributed by atoms with E-state index in [0.717, 1.165) is 125 Å². The second-order valence-corrected chi connectivity index (χ2v) is 24.1. The van der Waals surface area contributed by atoms with Crippen LogP contribution < -0.4 is 0 Å². The van der Waals surface area contributed by atoms with E-state index in [9.17, 15) is 10.5 Å². The largest absolute Gasteiger partial charge is 0.306 e. The van der Waals surface area contributed by atoms with Gasteiger partial charge in [0.25, 0.3) is 0 Å². The molecule has 4 nitrogen and oxygen atoms in total. The molecule has 0 fully saturated rings. The van der Waals surface area contributed by atoms with Gasteiger partial charge in [-0.3, -0.25) is 0 Å². The summed E-state index contributed by atoms with van der Waals surface area (Å²) in [5.41, 5.74) is 17.5. The van der Waals surface area contributed by atoms with Crippen LogP contribution in [-0.4, -0.2) is 9.13 Å². The van der Waals surface area contributed by atoms with Crippen molar-refractivity contribution in [1.82, 2.24) is 9.13 Å². The van der Waals surface area contributed by atoms with Crippen molar-refractivity contribution in [2.75, 3.05) is 0 Å². The van der Waals surface area contributed by atoms with Crippen LogP contribution in [0.5, 0.6) is 0 Å². The molecule has 0 atom stereocenters. The first-order valence-corrected chi connectivity index (χ1v) is 30.5. The van der Waals surface area contributed by atoms with Crippen molar-refractivity contribution in [1.29, 1.82) is 10.5 Å². The molecular formula is C80H46N4S2. The molecule has 4 heterocycles. The molecule has 398 valence electrons. The van der Waals surface area contributed by atoms with Crippen LogP contribution in [0, 0.1) is 22.7 Å². The van der Waals surface area contributed by atoms with Gasteiger partial charge < -0.3 is 9.13 Å². The standard InChI is InChI=1S/C80H46N4S2/c81-47-65-71(55-31-17-29-53(45-55)49-21-5-1-6-22-49)66(48-82)76(84-68-38-20-36-58(52-27-11-4-12-28-52)74(68)64-44-42-62-60-34-14-16-40-70(60)86-80(62)78(64)84)72(56-32-18-30-54(46-56)50-23-7-2-8-24-50)75(65)83-67-37-19-35-57(51-25-9-3-10-26-51)73(67)63-43-41-61-59-33-13-15-39-69(59)85-79(61)77(63)83/h1-46H. The molecule has 17 aromatic rings. The Kier molecular flexibility index (Phi) is 11.4. The van der Waals surface area contributed by atoms with Gasteiger partial charge in [-0.05, 0) is 92.0 Å². The third-order valence-corrected chi connectivity index (χ3v) is 19.8. The Labute approximate surface area is 503 Å². The zero-order valence-corrected chi connectivity index (χ0v) is 47.8. The fourth-order valence-electron chi connectivity index (χ4n) is 13.8.